The topological polar surface area (TPSA) is 147 Å². The highest BCUT2D eigenvalue weighted by Gasteiger charge is 2.21. The zero-order chi connectivity index (χ0) is 22.5. The number of nitrogens with two attached hydrogens (primary N) is 1. The van der Waals surface area contributed by atoms with E-state index in [-0.39, 0.29) is 0 Å². The molecule has 0 spiro atoms. The van der Waals surface area contributed by atoms with E-state index in [1.54, 1.807) is 0 Å². The molecule has 2 aromatic rings. The van der Waals surface area contributed by atoms with Crippen LogP contribution in [0.2, 0.25) is 0 Å². The van der Waals surface area contributed by atoms with Crippen LogP contribution in [-0.4, -0.2) is 47.7 Å². The first-order valence-corrected chi connectivity index (χ1v) is 10.4. The van der Waals surface area contributed by atoms with Crippen LogP contribution >= 0.6 is 0 Å². The van der Waals surface area contributed by atoms with Gasteiger partial charge in [0.2, 0.25) is 0 Å². The number of rotatable bonds is 6. The van der Waals surface area contributed by atoms with Gasteiger partial charge in [-0.2, -0.15) is 0 Å². The average Bonchev–Trinajstić information content (AvgIpc) is 3.28. The first-order chi connectivity index (χ1) is 14.2. The molecule has 9 nitrogen and oxygen atoms in total. The van der Waals surface area contributed by atoms with Crippen molar-refractivity contribution in [1.29, 1.82) is 0 Å². The van der Waals surface area contributed by atoms with Crippen LogP contribution in [0.4, 0.5) is 0 Å². The highest BCUT2D eigenvalue weighted by atomic mass is 16.4. The Hall–Kier alpha value is -2.68. The number of aromatic amines is 1. The molecule has 0 aliphatic heterocycles. The van der Waals surface area contributed by atoms with E-state index in [1.807, 2.05) is 12.4 Å². The summed E-state index contributed by atoms with van der Waals surface area (Å²) in [5.74, 6) is 1.06. The summed E-state index contributed by atoms with van der Waals surface area (Å²) in [5.41, 5.74) is 7.14. The molecule has 2 atom stereocenters. The molecule has 1 fully saturated rings. The van der Waals surface area contributed by atoms with Crippen LogP contribution in [0.25, 0.3) is 11.5 Å². The highest BCUT2D eigenvalue weighted by Crippen LogP contribution is 2.26. The van der Waals surface area contributed by atoms with Gasteiger partial charge in [-0.3, -0.25) is 9.59 Å². The van der Waals surface area contributed by atoms with Crippen molar-refractivity contribution >= 4 is 11.9 Å². The van der Waals surface area contributed by atoms with Crippen LogP contribution < -0.4 is 5.73 Å². The number of nitrogens with one attached hydrogen (secondary N) is 1. The summed E-state index contributed by atoms with van der Waals surface area (Å²) >= 11 is 0. The number of aryl methyl sites for hydroxylation is 1. The first-order valence-electron chi connectivity index (χ1n) is 10.4. The van der Waals surface area contributed by atoms with Crippen LogP contribution in [0.1, 0.15) is 65.1 Å². The summed E-state index contributed by atoms with van der Waals surface area (Å²) < 4.78 is 2.25. The third-order valence-corrected chi connectivity index (χ3v) is 4.63. The third kappa shape index (κ3) is 10.2. The molecule has 2 heterocycles. The molecule has 30 heavy (non-hydrogen) atoms. The second kappa shape index (κ2) is 13.5. The van der Waals surface area contributed by atoms with Crippen molar-refractivity contribution in [3.05, 3.63) is 24.4 Å². The van der Waals surface area contributed by atoms with E-state index in [0.29, 0.717) is 12.0 Å². The van der Waals surface area contributed by atoms with E-state index < -0.39 is 11.9 Å². The van der Waals surface area contributed by atoms with Crippen molar-refractivity contribution in [2.75, 3.05) is 0 Å². The van der Waals surface area contributed by atoms with Gasteiger partial charge in [0.25, 0.3) is 11.9 Å². The Morgan fingerprint density at radius 2 is 1.90 bits per heavy atom. The van der Waals surface area contributed by atoms with Gasteiger partial charge >= 0.3 is 0 Å². The van der Waals surface area contributed by atoms with Crippen molar-refractivity contribution < 1.29 is 19.8 Å². The molecule has 0 bridgehead atoms. The predicted octanol–water partition coefficient (Wildman–Crippen LogP) is 3.32. The monoisotopic (exact) mass is 421 g/mol. The minimum Gasteiger partial charge on any atom is -0.481 e. The maximum Gasteiger partial charge on any atom is 0.300 e. The maximum atomic E-state index is 9.00. The molecule has 1 aliphatic rings. The molecule has 9 heteroatoms. The first kappa shape index (κ1) is 25.4. The van der Waals surface area contributed by atoms with Crippen LogP contribution in [0.15, 0.2) is 18.6 Å². The summed E-state index contributed by atoms with van der Waals surface area (Å²) in [6, 6.07) is 0.374. The fourth-order valence-corrected chi connectivity index (χ4v) is 3.42. The zero-order valence-corrected chi connectivity index (χ0v) is 18.2. The number of carbonyl (C=O) groups is 2. The highest BCUT2D eigenvalue weighted by molar-refractivity contribution is 5.63. The van der Waals surface area contributed by atoms with Crippen molar-refractivity contribution in [3.63, 3.8) is 0 Å². The smallest absolute Gasteiger partial charge is 0.300 e. The number of aliphatic carboxylic acids is 2. The lowest BCUT2D eigenvalue weighted by Crippen LogP contribution is -2.29. The van der Waals surface area contributed by atoms with Crippen molar-refractivity contribution in [2.24, 2.45) is 11.7 Å². The van der Waals surface area contributed by atoms with Crippen LogP contribution in [-0.2, 0) is 22.6 Å². The molecule has 0 saturated heterocycles. The molecule has 2 aromatic heterocycles. The van der Waals surface area contributed by atoms with E-state index in [2.05, 4.69) is 32.6 Å². The summed E-state index contributed by atoms with van der Waals surface area (Å²) in [4.78, 5) is 30.4. The van der Waals surface area contributed by atoms with E-state index in [9.17, 15) is 0 Å². The second-order valence-electron chi connectivity index (χ2n) is 7.58. The van der Waals surface area contributed by atoms with Gasteiger partial charge in [0.15, 0.2) is 5.82 Å². The molecule has 0 unspecified atom stereocenters. The molecule has 1 saturated carbocycles. The standard InChI is InChI=1S/C17H27N5.2C2H4O2/c1-2-3-7-16-20-11-15(21-16)17-19-8-9-22(17)12-13-5-4-6-14(18)10-13;2*1-2(3)4/h8-9,11,13-14H,2-7,10,12,18H2,1H3,(H,20,21);2*1H3,(H,3,4)/t13-,14+;;/m0../s1. The van der Waals surface area contributed by atoms with Gasteiger partial charge in [0, 0.05) is 45.2 Å². The molecule has 0 amide bonds. The zero-order valence-electron chi connectivity index (χ0n) is 18.2. The Morgan fingerprint density at radius 3 is 2.50 bits per heavy atom. The van der Waals surface area contributed by atoms with Gasteiger partial charge < -0.3 is 25.5 Å². The van der Waals surface area contributed by atoms with Crippen LogP contribution in [0.5, 0.6) is 0 Å². The maximum absolute atomic E-state index is 9.00. The SMILES string of the molecule is CC(=O)O.CC(=O)O.CCCCc1ncc(-c2nccn2C[C@H]2CCC[C@@H](N)C2)[nH]1. The Bertz CT molecular complexity index is 751. The molecule has 168 valence electrons. The minimum atomic E-state index is -0.833. The van der Waals surface area contributed by atoms with Gasteiger partial charge in [0.05, 0.1) is 6.20 Å². The largest absolute Gasteiger partial charge is 0.481 e. The predicted molar refractivity (Wildman–Crippen MR) is 115 cm³/mol. The summed E-state index contributed by atoms with van der Waals surface area (Å²) in [7, 11) is 0. The normalized spacial score (nSPS) is 17.9. The number of H-pyrrole nitrogens is 1. The Balaban J connectivity index is 0.000000485. The van der Waals surface area contributed by atoms with E-state index in [1.165, 1.54) is 32.1 Å². The second-order valence-corrected chi connectivity index (χ2v) is 7.58. The Labute approximate surface area is 177 Å². The number of hydrogen-bond acceptors (Lipinski definition) is 5. The van der Waals surface area contributed by atoms with Gasteiger partial charge in [-0.05, 0) is 31.6 Å². The molecule has 1 aliphatic carbocycles. The molecule has 3 rings (SSSR count). The summed E-state index contributed by atoms with van der Waals surface area (Å²) in [6.07, 6.45) is 14.1. The Morgan fingerprint density at radius 1 is 1.23 bits per heavy atom. The van der Waals surface area contributed by atoms with Crippen LogP contribution in [0.3, 0.4) is 0 Å². The van der Waals surface area contributed by atoms with Gasteiger partial charge in [0.1, 0.15) is 11.5 Å². The molecular formula is C21H35N5O4. The van der Waals surface area contributed by atoms with Gasteiger partial charge in [-0.1, -0.05) is 19.8 Å². The molecule has 0 aromatic carbocycles. The van der Waals surface area contributed by atoms with Crippen molar-refractivity contribution in [3.8, 4) is 11.5 Å². The van der Waals surface area contributed by atoms with Gasteiger partial charge in [-0.25, -0.2) is 9.97 Å². The number of nitrogens with zero attached hydrogens (tertiary/aromatic N) is 3. The van der Waals surface area contributed by atoms with Gasteiger partial charge in [-0.15, -0.1) is 0 Å². The average molecular weight is 422 g/mol. The quantitative estimate of drug-likeness (QED) is 0.559. The molecule has 0 radical (unpaired) electrons. The third-order valence-electron chi connectivity index (χ3n) is 4.63. The van der Waals surface area contributed by atoms with E-state index >= 15 is 0 Å². The lowest BCUT2D eigenvalue weighted by molar-refractivity contribution is -0.135. The number of carboxylic acid groups (broad SMARTS) is 2. The molecular weight excluding hydrogens is 386 g/mol. The van der Waals surface area contributed by atoms with E-state index in [4.69, 9.17) is 25.5 Å². The summed E-state index contributed by atoms with van der Waals surface area (Å²) in [5, 5.41) is 14.8. The Kier molecular flexibility index (Phi) is 11.4. The van der Waals surface area contributed by atoms with Crippen molar-refractivity contribution in [2.45, 2.75) is 78.3 Å². The number of aromatic nitrogens is 4. The van der Waals surface area contributed by atoms with Crippen LogP contribution in [0, 0.1) is 5.92 Å². The molecule has 5 N–H and O–H groups in total. The van der Waals surface area contributed by atoms with Crippen molar-refractivity contribution in [1.82, 2.24) is 19.5 Å². The summed E-state index contributed by atoms with van der Waals surface area (Å²) in [6.45, 7) is 5.37. The number of imidazole rings is 2. The fourth-order valence-electron chi connectivity index (χ4n) is 3.42. The number of hydrogen-bond donors (Lipinski definition) is 4. The minimum absolute atomic E-state index is 0.374. The fraction of sp³-hybridized carbons (Fsp3) is 0.619. The number of carboxylic acids is 2. The van der Waals surface area contributed by atoms with E-state index in [0.717, 1.165) is 50.6 Å². The lowest BCUT2D eigenvalue weighted by Gasteiger charge is -2.27. The number of unbranched alkanes of at least 4 members (excludes halogenated alkanes) is 1. The lowest BCUT2D eigenvalue weighted by atomic mass is 9.86.